The highest BCUT2D eigenvalue weighted by Gasteiger charge is 2.08. The molecule has 0 fully saturated rings. The van der Waals surface area contributed by atoms with Crippen LogP contribution >= 0.6 is 34.9 Å². The minimum atomic E-state index is 0.806. The molecule has 0 atom stereocenters. The molecule has 2 aromatic rings. The molecule has 13 heavy (non-hydrogen) atoms. The third-order valence-corrected chi connectivity index (χ3v) is 3.63. The topological polar surface area (TPSA) is 28.7 Å². The summed E-state index contributed by atoms with van der Waals surface area (Å²) in [7, 11) is 0. The van der Waals surface area contributed by atoms with Crippen molar-refractivity contribution in [3.8, 4) is 11.4 Å². The number of rotatable bonds is 1. The molecule has 5 heteroatoms. The smallest absolute Gasteiger partial charge is 0.158 e. The fourth-order valence-corrected chi connectivity index (χ4v) is 2.83. The van der Waals surface area contributed by atoms with Crippen LogP contribution in [0.1, 0.15) is 9.88 Å². The number of thiazole rings is 2. The Kier molecular flexibility index (Phi) is 2.31. The Balaban J connectivity index is 2.57. The van der Waals surface area contributed by atoms with Crippen LogP contribution < -0.4 is 0 Å². The van der Waals surface area contributed by atoms with E-state index in [1.807, 2.05) is 12.3 Å². The molecule has 0 aliphatic rings. The van der Waals surface area contributed by atoms with Crippen molar-refractivity contribution in [2.75, 3.05) is 0 Å². The minimum Gasteiger partial charge on any atom is -0.336 e. The van der Waals surface area contributed by atoms with Gasteiger partial charge < -0.3 is 4.98 Å². The van der Waals surface area contributed by atoms with Gasteiger partial charge in [-0.25, -0.2) is 4.98 Å². The normalized spacial score (nSPS) is 10.6. The van der Waals surface area contributed by atoms with E-state index >= 15 is 0 Å². The summed E-state index contributed by atoms with van der Waals surface area (Å²) in [4.78, 5) is 8.80. The first-order valence-corrected chi connectivity index (χ1v) is 5.89. The molecule has 0 aliphatic heterocycles. The summed E-state index contributed by atoms with van der Waals surface area (Å²) in [5.41, 5.74) is 2.08. The summed E-state index contributed by atoms with van der Waals surface area (Å²) in [6, 6.07) is 0. The third-order valence-electron chi connectivity index (χ3n) is 1.68. The van der Waals surface area contributed by atoms with Gasteiger partial charge >= 0.3 is 0 Å². The number of hydrogen-bond donors (Lipinski definition) is 1. The lowest BCUT2D eigenvalue weighted by atomic mass is 10.3. The van der Waals surface area contributed by atoms with E-state index in [0.29, 0.717) is 0 Å². The maximum Gasteiger partial charge on any atom is 0.158 e. The third kappa shape index (κ3) is 1.72. The largest absolute Gasteiger partial charge is 0.336 e. The number of nitrogens with one attached hydrogen (secondary N) is 1. The Bertz CT molecular complexity index is 478. The zero-order valence-corrected chi connectivity index (χ0v) is 9.70. The van der Waals surface area contributed by atoms with Crippen molar-refractivity contribution in [2.24, 2.45) is 0 Å². The highest BCUT2D eigenvalue weighted by molar-refractivity contribution is 7.73. The van der Waals surface area contributed by atoms with Gasteiger partial charge in [0, 0.05) is 10.3 Å². The molecule has 0 unspecified atom stereocenters. The second-order valence-electron chi connectivity index (χ2n) is 2.70. The summed E-state index contributed by atoms with van der Waals surface area (Å²) < 4.78 is 0.806. The van der Waals surface area contributed by atoms with Crippen LogP contribution in [-0.4, -0.2) is 9.97 Å². The number of aromatic nitrogens is 2. The number of H-pyrrole nitrogens is 1. The van der Waals surface area contributed by atoms with E-state index in [9.17, 15) is 0 Å². The maximum absolute atomic E-state index is 5.02. The molecule has 0 saturated heterocycles. The highest BCUT2D eigenvalue weighted by atomic mass is 32.1. The van der Waals surface area contributed by atoms with Gasteiger partial charge in [0.1, 0.15) is 5.69 Å². The van der Waals surface area contributed by atoms with Crippen molar-refractivity contribution in [1.29, 1.82) is 0 Å². The van der Waals surface area contributed by atoms with Gasteiger partial charge in [-0.15, -0.1) is 22.7 Å². The van der Waals surface area contributed by atoms with E-state index in [2.05, 4.69) is 16.9 Å². The van der Waals surface area contributed by atoms with E-state index in [-0.39, 0.29) is 0 Å². The van der Waals surface area contributed by atoms with Crippen LogP contribution in [0, 0.1) is 17.8 Å². The zero-order chi connectivity index (χ0) is 9.42. The first-order chi connectivity index (χ1) is 6.16. The summed E-state index contributed by atoms with van der Waals surface area (Å²) in [5, 5.41) is 3.11. The standard InChI is InChI=1S/C8H8N2S3/c1-4-7(9-5(2)13-4)6-3-12-8(11)10-6/h3H,1-2H3,(H,10,11). The molecule has 0 amide bonds. The van der Waals surface area contributed by atoms with Crippen molar-refractivity contribution in [1.82, 2.24) is 9.97 Å². The predicted molar refractivity (Wildman–Crippen MR) is 60.1 cm³/mol. The lowest BCUT2D eigenvalue weighted by molar-refractivity contribution is 1.25. The predicted octanol–water partition coefficient (Wildman–Crippen LogP) is 3.55. The van der Waals surface area contributed by atoms with Crippen molar-refractivity contribution in [3.63, 3.8) is 0 Å². The number of nitrogens with zero attached hydrogens (tertiary/aromatic N) is 1. The summed E-state index contributed by atoms with van der Waals surface area (Å²) in [6.07, 6.45) is 0. The lowest BCUT2D eigenvalue weighted by Crippen LogP contribution is -1.79. The van der Waals surface area contributed by atoms with Crippen molar-refractivity contribution >= 4 is 34.9 Å². The van der Waals surface area contributed by atoms with E-state index in [0.717, 1.165) is 20.3 Å². The Hall–Kier alpha value is -0.520. The Morgan fingerprint density at radius 1 is 1.46 bits per heavy atom. The van der Waals surface area contributed by atoms with Crippen LogP contribution in [0.25, 0.3) is 11.4 Å². The van der Waals surface area contributed by atoms with Crippen LogP contribution in [0.15, 0.2) is 5.38 Å². The van der Waals surface area contributed by atoms with Gasteiger partial charge in [-0.3, -0.25) is 0 Å². The maximum atomic E-state index is 5.02. The van der Waals surface area contributed by atoms with E-state index < -0.39 is 0 Å². The molecular formula is C8H8N2S3. The zero-order valence-electron chi connectivity index (χ0n) is 7.25. The molecule has 1 N–H and O–H groups in total. The second-order valence-corrected chi connectivity index (χ2v) is 5.65. The number of aryl methyl sites for hydroxylation is 2. The van der Waals surface area contributed by atoms with Gasteiger partial charge in [0.2, 0.25) is 0 Å². The first-order valence-electron chi connectivity index (χ1n) is 3.79. The van der Waals surface area contributed by atoms with Gasteiger partial charge in [-0.1, -0.05) is 0 Å². The van der Waals surface area contributed by atoms with E-state index in [1.165, 1.54) is 4.88 Å². The van der Waals surface area contributed by atoms with Crippen LogP contribution in [-0.2, 0) is 0 Å². The molecule has 0 bridgehead atoms. The molecule has 2 aromatic heterocycles. The molecule has 0 aliphatic carbocycles. The molecule has 0 spiro atoms. The van der Waals surface area contributed by atoms with Gasteiger partial charge in [-0.05, 0) is 26.1 Å². The summed E-state index contributed by atoms with van der Waals surface area (Å²) >= 11 is 8.28. The highest BCUT2D eigenvalue weighted by Crippen LogP contribution is 2.26. The summed E-state index contributed by atoms with van der Waals surface area (Å²) in [5.74, 6) is 0. The fourth-order valence-electron chi connectivity index (χ4n) is 1.18. The molecule has 2 rings (SSSR count). The minimum absolute atomic E-state index is 0.806. The van der Waals surface area contributed by atoms with Crippen LogP contribution in [0.5, 0.6) is 0 Å². The number of aromatic amines is 1. The second kappa shape index (κ2) is 3.32. The Morgan fingerprint density at radius 2 is 2.23 bits per heavy atom. The molecule has 0 aromatic carbocycles. The van der Waals surface area contributed by atoms with Gasteiger partial charge in [0.15, 0.2) is 3.95 Å². The van der Waals surface area contributed by atoms with Crippen LogP contribution in [0.4, 0.5) is 0 Å². The summed E-state index contributed by atoms with van der Waals surface area (Å²) in [6.45, 7) is 4.09. The molecule has 2 heterocycles. The lowest BCUT2D eigenvalue weighted by Gasteiger charge is -1.90. The molecule has 68 valence electrons. The Morgan fingerprint density at radius 3 is 2.69 bits per heavy atom. The van der Waals surface area contributed by atoms with Crippen LogP contribution in [0.2, 0.25) is 0 Å². The molecule has 0 radical (unpaired) electrons. The van der Waals surface area contributed by atoms with E-state index in [1.54, 1.807) is 22.7 Å². The first kappa shape index (κ1) is 9.05. The quantitative estimate of drug-likeness (QED) is 0.756. The molecular weight excluding hydrogens is 220 g/mol. The van der Waals surface area contributed by atoms with Gasteiger partial charge in [-0.2, -0.15) is 0 Å². The molecule has 2 nitrogen and oxygen atoms in total. The Labute approximate surface area is 89.3 Å². The van der Waals surface area contributed by atoms with Crippen molar-refractivity contribution < 1.29 is 0 Å². The number of hydrogen-bond acceptors (Lipinski definition) is 4. The monoisotopic (exact) mass is 228 g/mol. The van der Waals surface area contributed by atoms with Gasteiger partial charge in [0.25, 0.3) is 0 Å². The average molecular weight is 228 g/mol. The SMILES string of the molecule is Cc1nc(-c2csc(=S)[nH]2)c(C)s1. The van der Waals surface area contributed by atoms with Crippen molar-refractivity contribution in [3.05, 3.63) is 19.2 Å². The van der Waals surface area contributed by atoms with Gasteiger partial charge in [0.05, 0.1) is 10.7 Å². The fraction of sp³-hybridized carbons (Fsp3) is 0.250. The average Bonchev–Trinajstić information content (AvgIpc) is 2.58. The van der Waals surface area contributed by atoms with Crippen LogP contribution in [0.3, 0.4) is 0 Å². The van der Waals surface area contributed by atoms with E-state index in [4.69, 9.17) is 12.2 Å². The van der Waals surface area contributed by atoms with Crippen molar-refractivity contribution in [2.45, 2.75) is 13.8 Å². The molecule has 0 saturated carbocycles.